The van der Waals surface area contributed by atoms with Crippen LogP contribution in [0.1, 0.15) is 33.1 Å². The van der Waals surface area contributed by atoms with Gasteiger partial charge in [0.25, 0.3) is 0 Å². The number of halogens is 3. The average Bonchev–Trinajstić information content (AvgIpc) is 2.13. The normalized spacial score (nSPS) is 14.7. The third-order valence-corrected chi connectivity index (χ3v) is 2.10. The van der Waals surface area contributed by atoms with Crippen molar-refractivity contribution >= 4 is 12.0 Å². The quantitative estimate of drug-likeness (QED) is 0.689. The average molecular weight is 270 g/mol. The second-order valence-corrected chi connectivity index (χ2v) is 4.02. The zero-order chi connectivity index (χ0) is 14.3. The van der Waals surface area contributed by atoms with E-state index in [1.54, 1.807) is 6.92 Å². The molecule has 0 saturated carbocycles. The van der Waals surface area contributed by atoms with Crippen LogP contribution in [0.3, 0.4) is 0 Å². The lowest BCUT2D eigenvalue weighted by Gasteiger charge is -2.18. The highest BCUT2D eigenvalue weighted by molar-refractivity contribution is 5.82. The van der Waals surface area contributed by atoms with Gasteiger partial charge in [0.15, 0.2) is 0 Å². The number of carbonyl (C=O) groups is 2. The number of amides is 2. The maximum atomic E-state index is 12.0. The summed E-state index contributed by atoms with van der Waals surface area (Å²) >= 11 is 0. The fraction of sp³-hybridized carbons (Fsp3) is 0.800. The zero-order valence-electron chi connectivity index (χ0n) is 10.2. The van der Waals surface area contributed by atoms with Gasteiger partial charge in [-0.05, 0) is 13.3 Å². The van der Waals surface area contributed by atoms with Crippen LogP contribution in [0.15, 0.2) is 0 Å². The predicted octanol–water partition coefficient (Wildman–Crippen LogP) is 1.88. The van der Waals surface area contributed by atoms with Gasteiger partial charge in [-0.1, -0.05) is 13.3 Å². The first-order chi connectivity index (χ1) is 8.15. The van der Waals surface area contributed by atoms with Crippen molar-refractivity contribution in [3.8, 4) is 0 Å². The molecule has 0 aliphatic carbocycles. The molecule has 0 radical (unpaired) electrons. The first-order valence-electron chi connectivity index (χ1n) is 5.52. The first-order valence-corrected chi connectivity index (χ1v) is 5.52. The number of carboxylic acid groups (broad SMARTS) is 1. The second kappa shape index (κ2) is 7.07. The van der Waals surface area contributed by atoms with Crippen LogP contribution in [0, 0.1) is 0 Å². The molecule has 1 unspecified atom stereocenters. The van der Waals surface area contributed by atoms with E-state index in [1.165, 1.54) is 6.92 Å². The van der Waals surface area contributed by atoms with Crippen LogP contribution >= 0.6 is 0 Å². The fourth-order valence-electron chi connectivity index (χ4n) is 1.37. The monoisotopic (exact) mass is 270 g/mol. The van der Waals surface area contributed by atoms with Crippen molar-refractivity contribution in [3.63, 3.8) is 0 Å². The molecule has 0 bridgehead atoms. The van der Waals surface area contributed by atoms with Crippen molar-refractivity contribution in [1.29, 1.82) is 0 Å². The maximum absolute atomic E-state index is 12.0. The van der Waals surface area contributed by atoms with E-state index in [4.69, 9.17) is 5.11 Å². The van der Waals surface area contributed by atoms with Crippen LogP contribution < -0.4 is 10.6 Å². The third kappa shape index (κ3) is 7.75. The number of nitrogens with one attached hydrogen (secondary N) is 2. The van der Waals surface area contributed by atoms with Gasteiger partial charge < -0.3 is 15.7 Å². The lowest BCUT2D eigenvalue weighted by Crippen LogP contribution is -2.49. The highest BCUT2D eigenvalue weighted by atomic mass is 19.4. The molecule has 0 aromatic heterocycles. The van der Waals surface area contributed by atoms with Crippen LogP contribution in [0.4, 0.5) is 18.0 Å². The molecule has 0 fully saturated rings. The van der Waals surface area contributed by atoms with Gasteiger partial charge in [0, 0.05) is 6.04 Å². The largest absolute Gasteiger partial charge is 0.480 e. The van der Waals surface area contributed by atoms with Crippen molar-refractivity contribution in [3.05, 3.63) is 0 Å². The summed E-state index contributed by atoms with van der Waals surface area (Å²) in [5.41, 5.74) is 0. The first kappa shape index (κ1) is 16.5. The molecule has 2 amide bonds. The van der Waals surface area contributed by atoms with Gasteiger partial charge in [-0.2, -0.15) is 13.2 Å². The molecule has 5 nitrogen and oxygen atoms in total. The van der Waals surface area contributed by atoms with Crippen molar-refractivity contribution in [2.75, 3.05) is 0 Å². The van der Waals surface area contributed by atoms with Crippen molar-refractivity contribution < 1.29 is 27.9 Å². The molecule has 2 atom stereocenters. The van der Waals surface area contributed by atoms with E-state index in [1.807, 2.05) is 5.32 Å². The molecule has 0 aromatic rings. The van der Waals surface area contributed by atoms with Crippen molar-refractivity contribution in [2.45, 2.75) is 51.4 Å². The van der Waals surface area contributed by atoms with Gasteiger partial charge in [0.1, 0.15) is 6.04 Å². The summed E-state index contributed by atoms with van der Waals surface area (Å²) in [5, 5.41) is 12.9. The Morgan fingerprint density at radius 1 is 1.28 bits per heavy atom. The minimum Gasteiger partial charge on any atom is -0.480 e. The van der Waals surface area contributed by atoms with E-state index in [0.29, 0.717) is 6.42 Å². The number of alkyl halides is 3. The van der Waals surface area contributed by atoms with E-state index in [2.05, 4.69) is 5.32 Å². The van der Waals surface area contributed by atoms with Gasteiger partial charge in [0.2, 0.25) is 0 Å². The summed E-state index contributed by atoms with van der Waals surface area (Å²) in [4.78, 5) is 22.0. The minimum absolute atomic E-state index is 0.219. The lowest BCUT2D eigenvalue weighted by molar-refractivity contribution is -0.140. The van der Waals surface area contributed by atoms with Crippen LogP contribution in [0.25, 0.3) is 0 Å². The Bertz CT molecular complexity index is 295. The summed E-state index contributed by atoms with van der Waals surface area (Å²) in [7, 11) is 0. The van der Waals surface area contributed by atoms with Crippen LogP contribution in [0.2, 0.25) is 0 Å². The molecule has 8 heteroatoms. The zero-order valence-corrected chi connectivity index (χ0v) is 10.2. The van der Waals surface area contributed by atoms with Gasteiger partial charge in [-0.25, -0.2) is 9.59 Å². The maximum Gasteiger partial charge on any atom is 0.391 e. The summed E-state index contributed by atoms with van der Waals surface area (Å²) in [6.07, 6.45) is -4.78. The fourth-order valence-corrected chi connectivity index (χ4v) is 1.37. The molecule has 0 saturated heterocycles. The number of carboxylic acids is 1. The Kier molecular flexibility index (Phi) is 6.50. The molecule has 0 aliphatic heterocycles. The Morgan fingerprint density at radius 3 is 2.22 bits per heavy atom. The van der Waals surface area contributed by atoms with Crippen LogP contribution in [-0.2, 0) is 4.79 Å². The Hall–Kier alpha value is -1.47. The van der Waals surface area contributed by atoms with E-state index in [0.717, 1.165) is 0 Å². The van der Waals surface area contributed by atoms with Crippen LogP contribution in [-0.4, -0.2) is 35.4 Å². The Labute approximate surface area is 103 Å². The molecular formula is C10H17F3N2O3. The molecule has 18 heavy (non-hydrogen) atoms. The van der Waals surface area contributed by atoms with Gasteiger partial charge in [-0.15, -0.1) is 0 Å². The number of aliphatic carboxylic acids is 1. The highest BCUT2D eigenvalue weighted by Crippen LogP contribution is 2.21. The van der Waals surface area contributed by atoms with E-state index in [9.17, 15) is 22.8 Å². The number of carbonyl (C=O) groups excluding carboxylic acids is 1. The molecule has 0 aliphatic rings. The highest BCUT2D eigenvalue weighted by Gasteiger charge is 2.31. The SMILES string of the molecule is CCC[C@H](NC(=O)NC(C)CC(F)(F)F)C(=O)O. The summed E-state index contributed by atoms with van der Waals surface area (Å²) in [6, 6.07) is -3.11. The van der Waals surface area contributed by atoms with Gasteiger partial charge in [0.05, 0.1) is 6.42 Å². The summed E-state index contributed by atoms with van der Waals surface area (Å²) in [6.45, 7) is 2.93. The lowest BCUT2D eigenvalue weighted by atomic mass is 10.2. The number of urea groups is 1. The van der Waals surface area contributed by atoms with Crippen LogP contribution in [0.5, 0.6) is 0 Å². The molecule has 106 valence electrons. The third-order valence-electron chi connectivity index (χ3n) is 2.10. The molecule has 3 N–H and O–H groups in total. The van der Waals surface area contributed by atoms with Gasteiger partial charge >= 0.3 is 18.2 Å². The number of rotatable bonds is 6. The number of hydrogen-bond acceptors (Lipinski definition) is 2. The van der Waals surface area contributed by atoms with Gasteiger partial charge in [-0.3, -0.25) is 0 Å². The van der Waals surface area contributed by atoms with Crippen molar-refractivity contribution in [2.24, 2.45) is 0 Å². The van der Waals surface area contributed by atoms with E-state index in [-0.39, 0.29) is 6.42 Å². The van der Waals surface area contributed by atoms with Crippen molar-refractivity contribution in [1.82, 2.24) is 10.6 Å². The summed E-state index contributed by atoms with van der Waals surface area (Å²) in [5.74, 6) is -1.21. The summed E-state index contributed by atoms with van der Waals surface area (Å²) < 4.78 is 36.0. The standard InChI is InChI=1S/C10H17F3N2O3/c1-3-4-7(8(16)17)15-9(18)14-6(2)5-10(11,12)13/h6-7H,3-5H2,1-2H3,(H,16,17)(H2,14,15,18)/t6?,7-/m0/s1. The topological polar surface area (TPSA) is 78.4 Å². The second-order valence-electron chi connectivity index (χ2n) is 4.02. The Morgan fingerprint density at radius 2 is 1.83 bits per heavy atom. The minimum atomic E-state index is -4.37. The smallest absolute Gasteiger partial charge is 0.391 e. The number of hydrogen-bond donors (Lipinski definition) is 3. The molecule has 0 heterocycles. The van der Waals surface area contributed by atoms with E-state index >= 15 is 0 Å². The molecule has 0 aromatic carbocycles. The molecular weight excluding hydrogens is 253 g/mol. The predicted molar refractivity (Wildman–Crippen MR) is 58.1 cm³/mol. The molecule has 0 spiro atoms. The molecule has 0 rings (SSSR count). The van der Waals surface area contributed by atoms with E-state index < -0.39 is 36.7 Å². The Balaban J connectivity index is 4.20.